The minimum absolute atomic E-state index is 0.0844. The summed E-state index contributed by atoms with van der Waals surface area (Å²) in [6, 6.07) is 13.0. The maximum atomic E-state index is 13.3. The Morgan fingerprint density at radius 2 is 1.97 bits per heavy atom. The van der Waals surface area contributed by atoms with Gasteiger partial charge in [0.1, 0.15) is 0 Å². The van der Waals surface area contributed by atoms with Gasteiger partial charge in [-0.25, -0.2) is 4.98 Å². The second-order valence-electron chi connectivity index (χ2n) is 6.98. The zero-order valence-corrected chi connectivity index (χ0v) is 17.9. The highest BCUT2D eigenvalue weighted by Gasteiger charge is 2.17. The van der Waals surface area contributed by atoms with E-state index >= 15 is 0 Å². The summed E-state index contributed by atoms with van der Waals surface area (Å²) in [6.45, 7) is 6.32. The number of methoxy groups -OCH3 is 1. The molecule has 0 bridgehead atoms. The lowest BCUT2D eigenvalue weighted by Gasteiger charge is -2.17. The molecule has 0 saturated heterocycles. The fourth-order valence-electron chi connectivity index (χ4n) is 3.14. The molecule has 0 radical (unpaired) electrons. The van der Waals surface area contributed by atoms with Crippen molar-refractivity contribution in [3.05, 3.63) is 63.9 Å². The highest BCUT2D eigenvalue weighted by Crippen LogP contribution is 2.24. The van der Waals surface area contributed by atoms with Crippen LogP contribution in [0.4, 0.5) is 0 Å². The molecule has 1 N–H and O–H groups in total. The zero-order chi connectivity index (χ0) is 21.0. The molecule has 1 unspecified atom stereocenters. The average Bonchev–Trinajstić information content (AvgIpc) is 2.69. The summed E-state index contributed by atoms with van der Waals surface area (Å²) in [7, 11) is 1.60. The van der Waals surface area contributed by atoms with Crippen LogP contribution in [-0.4, -0.2) is 41.0 Å². The van der Waals surface area contributed by atoms with Crippen LogP contribution < -0.4 is 10.9 Å². The first-order valence-electron chi connectivity index (χ1n) is 9.42. The predicted molar refractivity (Wildman–Crippen MR) is 117 cm³/mol. The van der Waals surface area contributed by atoms with Crippen LogP contribution in [-0.2, 0) is 9.53 Å². The second kappa shape index (κ2) is 9.24. The van der Waals surface area contributed by atoms with Crippen LogP contribution in [0.5, 0.6) is 0 Å². The fraction of sp³-hybridized carbons (Fsp3) is 0.318. The van der Waals surface area contributed by atoms with Gasteiger partial charge in [0.2, 0.25) is 5.91 Å². The number of ether oxygens (including phenoxy) is 1. The monoisotopic (exact) mass is 411 g/mol. The SMILES string of the molecule is COCC(C)NC(=O)CSc1nc2ccccc2c(=O)n1-c1cccc(C)c1C. The molecule has 0 aliphatic carbocycles. The van der Waals surface area contributed by atoms with Crippen LogP contribution in [0.25, 0.3) is 16.6 Å². The van der Waals surface area contributed by atoms with Crippen LogP contribution in [0.2, 0.25) is 0 Å². The Kier molecular flexibility index (Phi) is 6.71. The van der Waals surface area contributed by atoms with Crippen molar-refractivity contribution in [3.63, 3.8) is 0 Å². The van der Waals surface area contributed by atoms with Crippen LogP contribution in [0.3, 0.4) is 0 Å². The molecule has 2 aromatic carbocycles. The summed E-state index contributed by atoms with van der Waals surface area (Å²) in [5.74, 6) is 0.0263. The molecule has 3 rings (SSSR count). The number of aryl methyl sites for hydroxylation is 1. The van der Waals surface area contributed by atoms with E-state index in [9.17, 15) is 9.59 Å². The third-order valence-electron chi connectivity index (χ3n) is 4.72. The van der Waals surface area contributed by atoms with Crippen molar-refractivity contribution in [1.29, 1.82) is 0 Å². The number of carbonyl (C=O) groups excluding carboxylic acids is 1. The third-order valence-corrected chi connectivity index (χ3v) is 5.66. The summed E-state index contributed by atoms with van der Waals surface area (Å²) in [6.07, 6.45) is 0. The minimum Gasteiger partial charge on any atom is -0.383 e. The van der Waals surface area contributed by atoms with E-state index in [1.807, 2.05) is 57.2 Å². The number of thioether (sulfide) groups is 1. The molecular formula is C22H25N3O3S. The van der Waals surface area contributed by atoms with E-state index < -0.39 is 0 Å². The molecule has 1 atom stereocenters. The van der Waals surface area contributed by atoms with Crippen LogP contribution >= 0.6 is 11.8 Å². The van der Waals surface area contributed by atoms with Crippen molar-refractivity contribution in [1.82, 2.24) is 14.9 Å². The molecule has 152 valence electrons. The third kappa shape index (κ3) is 4.68. The quantitative estimate of drug-likeness (QED) is 0.477. The molecule has 7 heteroatoms. The maximum Gasteiger partial charge on any atom is 0.266 e. The molecular weight excluding hydrogens is 386 g/mol. The molecule has 1 heterocycles. The number of fused-ring (bicyclic) bond motifs is 1. The standard InChI is InChI=1S/C22H25N3O3S/c1-14-8-7-11-19(16(14)3)25-21(27)17-9-5-6-10-18(17)24-22(25)29-13-20(26)23-15(2)12-28-4/h5-11,15H,12-13H2,1-4H3,(H,23,26). The first-order valence-corrected chi connectivity index (χ1v) is 10.4. The van der Waals surface area contributed by atoms with Crippen molar-refractivity contribution in [3.8, 4) is 5.69 Å². The Morgan fingerprint density at radius 1 is 1.21 bits per heavy atom. The zero-order valence-electron chi connectivity index (χ0n) is 17.1. The maximum absolute atomic E-state index is 13.3. The van der Waals surface area contributed by atoms with Crippen molar-refractivity contribution in [2.75, 3.05) is 19.5 Å². The van der Waals surface area contributed by atoms with Gasteiger partial charge in [0.05, 0.1) is 29.0 Å². The molecule has 3 aromatic rings. The lowest BCUT2D eigenvalue weighted by Crippen LogP contribution is -2.36. The number of benzene rings is 2. The number of hydrogen-bond acceptors (Lipinski definition) is 5. The molecule has 6 nitrogen and oxygen atoms in total. The number of rotatable bonds is 7. The Bertz CT molecular complexity index is 1090. The Morgan fingerprint density at radius 3 is 2.72 bits per heavy atom. The summed E-state index contributed by atoms with van der Waals surface area (Å²) >= 11 is 1.25. The van der Waals surface area contributed by atoms with Crippen molar-refractivity contribution < 1.29 is 9.53 Å². The number of nitrogens with one attached hydrogen (secondary N) is 1. The van der Waals surface area contributed by atoms with Crippen LogP contribution in [0.1, 0.15) is 18.1 Å². The van der Waals surface area contributed by atoms with E-state index in [1.165, 1.54) is 11.8 Å². The molecule has 0 spiro atoms. The van der Waals surface area contributed by atoms with Gasteiger partial charge in [0.15, 0.2) is 5.16 Å². The van der Waals surface area contributed by atoms with Crippen molar-refractivity contribution in [2.45, 2.75) is 32.0 Å². The summed E-state index contributed by atoms with van der Waals surface area (Å²) in [5, 5.41) is 3.93. The minimum atomic E-state index is -0.139. The Balaban J connectivity index is 2.03. The van der Waals surface area contributed by atoms with Crippen LogP contribution in [0.15, 0.2) is 52.4 Å². The molecule has 0 saturated carbocycles. The topological polar surface area (TPSA) is 73.2 Å². The molecule has 1 aromatic heterocycles. The molecule has 0 fully saturated rings. The highest BCUT2D eigenvalue weighted by molar-refractivity contribution is 7.99. The Labute approximate surface area is 174 Å². The van der Waals surface area contributed by atoms with Gasteiger partial charge in [0, 0.05) is 13.2 Å². The number of amides is 1. The first kappa shape index (κ1) is 21.1. The van der Waals surface area contributed by atoms with Gasteiger partial charge in [-0.15, -0.1) is 0 Å². The molecule has 0 aliphatic heterocycles. The number of hydrogen-bond donors (Lipinski definition) is 1. The number of carbonyl (C=O) groups is 1. The first-order chi connectivity index (χ1) is 13.9. The van der Waals surface area contributed by atoms with Gasteiger partial charge >= 0.3 is 0 Å². The molecule has 0 aliphatic rings. The van der Waals surface area contributed by atoms with E-state index in [2.05, 4.69) is 5.32 Å². The van der Waals surface area contributed by atoms with Gasteiger partial charge in [-0.2, -0.15) is 0 Å². The van der Waals surface area contributed by atoms with Crippen LogP contribution in [0, 0.1) is 13.8 Å². The summed E-state index contributed by atoms with van der Waals surface area (Å²) < 4.78 is 6.67. The average molecular weight is 412 g/mol. The molecule has 29 heavy (non-hydrogen) atoms. The van der Waals surface area contributed by atoms with E-state index in [1.54, 1.807) is 17.7 Å². The number of para-hydroxylation sites is 1. The number of aromatic nitrogens is 2. The predicted octanol–water partition coefficient (Wildman–Crippen LogP) is 3.25. The van der Waals surface area contributed by atoms with E-state index in [0.717, 1.165) is 16.8 Å². The van der Waals surface area contributed by atoms with E-state index in [0.29, 0.717) is 22.7 Å². The largest absolute Gasteiger partial charge is 0.383 e. The number of nitrogens with zero attached hydrogens (tertiary/aromatic N) is 2. The summed E-state index contributed by atoms with van der Waals surface area (Å²) in [5.41, 5.74) is 3.36. The van der Waals surface area contributed by atoms with Gasteiger partial charge in [0.25, 0.3) is 5.56 Å². The van der Waals surface area contributed by atoms with Gasteiger partial charge < -0.3 is 10.1 Å². The lowest BCUT2D eigenvalue weighted by atomic mass is 10.1. The van der Waals surface area contributed by atoms with Crippen molar-refractivity contribution in [2.24, 2.45) is 0 Å². The Hall–Kier alpha value is -2.64. The van der Waals surface area contributed by atoms with Gasteiger partial charge in [-0.3, -0.25) is 14.2 Å². The van der Waals surface area contributed by atoms with E-state index in [4.69, 9.17) is 9.72 Å². The fourth-order valence-corrected chi connectivity index (χ4v) is 3.95. The highest BCUT2D eigenvalue weighted by atomic mass is 32.2. The van der Waals surface area contributed by atoms with Crippen molar-refractivity contribution >= 4 is 28.6 Å². The van der Waals surface area contributed by atoms with Gasteiger partial charge in [-0.05, 0) is 50.1 Å². The lowest BCUT2D eigenvalue weighted by molar-refractivity contribution is -0.119. The van der Waals surface area contributed by atoms with Gasteiger partial charge in [-0.1, -0.05) is 36.0 Å². The normalized spacial score (nSPS) is 12.1. The molecule has 1 amide bonds. The summed E-state index contributed by atoms with van der Waals surface area (Å²) in [4.78, 5) is 30.3. The smallest absolute Gasteiger partial charge is 0.266 e. The second-order valence-corrected chi connectivity index (χ2v) is 7.93. The van der Waals surface area contributed by atoms with E-state index in [-0.39, 0.29) is 23.3 Å².